The Morgan fingerprint density at radius 3 is 2.86 bits per heavy atom. The largest absolute Gasteiger partial charge is 0.279 e. The van der Waals surface area contributed by atoms with Crippen LogP contribution in [0, 0.1) is 6.92 Å². The molecule has 1 N–H and O–H groups in total. The van der Waals surface area contributed by atoms with Crippen molar-refractivity contribution in [2.75, 3.05) is 0 Å². The zero-order valence-corrected chi connectivity index (χ0v) is 13.4. The summed E-state index contributed by atoms with van der Waals surface area (Å²) in [6.07, 6.45) is 1.52. The maximum atomic E-state index is 12.4. The summed E-state index contributed by atoms with van der Waals surface area (Å²) in [6.45, 7) is 1.69. The molecule has 0 unspecified atom stereocenters. The molecule has 21 heavy (non-hydrogen) atoms. The number of thiazole rings is 1. The molecule has 0 saturated heterocycles. The van der Waals surface area contributed by atoms with Crippen LogP contribution in [0.3, 0.4) is 0 Å². The number of aryl methyl sites for hydroxylation is 1. The van der Waals surface area contributed by atoms with Crippen LogP contribution in [-0.4, -0.2) is 17.8 Å². The lowest BCUT2D eigenvalue weighted by Crippen LogP contribution is -2.31. The van der Waals surface area contributed by atoms with Gasteiger partial charge in [0.1, 0.15) is 0 Å². The average Bonchev–Trinajstić information content (AvgIpc) is 3.06. The normalized spacial score (nSPS) is 12.0. The second-order valence-corrected chi connectivity index (χ2v) is 7.90. The van der Waals surface area contributed by atoms with Crippen molar-refractivity contribution in [1.82, 2.24) is 14.1 Å². The first-order valence-electron chi connectivity index (χ1n) is 5.97. The molecule has 6 nitrogen and oxygen atoms in total. The summed E-state index contributed by atoms with van der Waals surface area (Å²) in [7, 11) is -3.90. The lowest BCUT2D eigenvalue weighted by Gasteiger charge is -2.07. The maximum Gasteiger partial charge on any atom is 0.279 e. The van der Waals surface area contributed by atoms with Crippen LogP contribution >= 0.6 is 22.7 Å². The summed E-state index contributed by atoms with van der Waals surface area (Å²) in [6, 6.07) is 3.67. The van der Waals surface area contributed by atoms with Gasteiger partial charge in [-0.3, -0.25) is 9.20 Å². The molecule has 3 rings (SSSR count). The number of nitrogens with one attached hydrogen (secondary N) is 1. The second-order valence-electron chi connectivity index (χ2n) is 4.29. The Hall–Kier alpha value is -1.55. The molecule has 3 aromatic rings. The highest BCUT2D eigenvalue weighted by atomic mass is 32.2. The van der Waals surface area contributed by atoms with Gasteiger partial charge in [-0.05, 0) is 18.4 Å². The van der Waals surface area contributed by atoms with E-state index >= 15 is 0 Å². The Balaban J connectivity index is 2.04. The van der Waals surface area contributed by atoms with Crippen LogP contribution in [0.5, 0.6) is 0 Å². The first-order chi connectivity index (χ1) is 9.99. The summed E-state index contributed by atoms with van der Waals surface area (Å²) >= 11 is 2.73. The van der Waals surface area contributed by atoms with Gasteiger partial charge in [0.25, 0.3) is 5.56 Å². The fraction of sp³-hybridized carbons (Fsp3) is 0.167. The molecular formula is C12H11N3O3S3. The van der Waals surface area contributed by atoms with Crippen LogP contribution in [0.2, 0.25) is 0 Å². The van der Waals surface area contributed by atoms with Gasteiger partial charge in [0.2, 0.25) is 10.0 Å². The van der Waals surface area contributed by atoms with Gasteiger partial charge in [-0.25, -0.2) is 18.1 Å². The molecular weight excluding hydrogens is 330 g/mol. The van der Waals surface area contributed by atoms with Gasteiger partial charge in [0, 0.05) is 23.0 Å². The van der Waals surface area contributed by atoms with E-state index in [4.69, 9.17) is 0 Å². The van der Waals surface area contributed by atoms with Crippen molar-refractivity contribution in [2.24, 2.45) is 0 Å². The van der Waals surface area contributed by atoms with Gasteiger partial charge < -0.3 is 0 Å². The monoisotopic (exact) mass is 341 g/mol. The lowest BCUT2D eigenvalue weighted by molar-refractivity contribution is 0.578. The van der Waals surface area contributed by atoms with E-state index in [1.165, 1.54) is 40.2 Å². The molecule has 0 atom stereocenters. The van der Waals surface area contributed by atoms with Crippen molar-refractivity contribution in [3.63, 3.8) is 0 Å². The van der Waals surface area contributed by atoms with E-state index in [1.54, 1.807) is 5.38 Å². The van der Waals surface area contributed by atoms with Gasteiger partial charge in [0.05, 0.1) is 5.69 Å². The summed E-state index contributed by atoms with van der Waals surface area (Å²) in [5.74, 6) is 0. The lowest BCUT2D eigenvalue weighted by atomic mass is 10.4. The molecule has 3 heterocycles. The third kappa shape index (κ3) is 2.64. The van der Waals surface area contributed by atoms with E-state index in [-0.39, 0.29) is 17.1 Å². The standard InChI is InChI=1S/C12H11N3O3S3/c1-8-10(11(16)15-4-6-20-12(15)14-8)21(17,18)13-7-9-3-2-5-19-9/h2-6,13H,7H2,1H3. The topological polar surface area (TPSA) is 80.5 Å². The number of hydrogen-bond donors (Lipinski definition) is 1. The Morgan fingerprint density at radius 2 is 2.14 bits per heavy atom. The van der Waals surface area contributed by atoms with E-state index in [0.717, 1.165) is 4.88 Å². The predicted octanol–water partition coefficient (Wildman–Crippen LogP) is 1.60. The number of thiophene rings is 1. The maximum absolute atomic E-state index is 12.4. The fourth-order valence-electron chi connectivity index (χ4n) is 1.93. The Morgan fingerprint density at radius 1 is 1.33 bits per heavy atom. The van der Waals surface area contributed by atoms with Gasteiger partial charge in [-0.2, -0.15) is 0 Å². The molecule has 9 heteroatoms. The van der Waals surface area contributed by atoms with E-state index in [2.05, 4.69) is 9.71 Å². The van der Waals surface area contributed by atoms with Crippen molar-refractivity contribution >= 4 is 37.7 Å². The van der Waals surface area contributed by atoms with Gasteiger partial charge in [0.15, 0.2) is 9.86 Å². The number of sulfonamides is 1. The molecule has 0 amide bonds. The number of fused-ring (bicyclic) bond motifs is 1. The molecule has 0 radical (unpaired) electrons. The van der Waals surface area contributed by atoms with E-state index in [1.807, 2.05) is 17.5 Å². The van der Waals surface area contributed by atoms with Crippen LogP contribution in [0.25, 0.3) is 4.96 Å². The molecule has 110 valence electrons. The number of aromatic nitrogens is 2. The fourth-order valence-corrected chi connectivity index (χ4v) is 4.67. The minimum atomic E-state index is -3.90. The van der Waals surface area contributed by atoms with Crippen molar-refractivity contribution in [2.45, 2.75) is 18.4 Å². The van der Waals surface area contributed by atoms with Crippen LogP contribution in [0.15, 0.2) is 38.8 Å². The zero-order chi connectivity index (χ0) is 15.0. The van der Waals surface area contributed by atoms with Crippen molar-refractivity contribution in [1.29, 1.82) is 0 Å². The number of hydrogen-bond acceptors (Lipinski definition) is 6. The summed E-state index contributed by atoms with van der Waals surface area (Å²) in [5, 5.41) is 3.56. The first kappa shape index (κ1) is 14.4. The highest BCUT2D eigenvalue weighted by Gasteiger charge is 2.24. The van der Waals surface area contributed by atoms with E-state index in [0.29, 0.717) is 4.96 Å². The molecule has 0 spiro atoms. The van der Waals surface area contributed by atoms with Crippen LogP contribution < -0.4 is 10.3 Å². The summed E-state index contributed by atoms with van der Waals surface area (Å²) < 4.78 is 28.5. The highest BCUT2D eigenvalue weighted by Crippen LogP contribution is 2.14. The summed E-state index contributed by atoms with van der Waals surface area (Å²) in [4.78, 5) is 17.6. The van der Waals surface area contributed by atoms with Crippen molar-refractivity contribution < 1.29 is 8.42 Å². The Kier molecular flexibility index (Phi) is 3.66. The van der Waals surface area contributed by atoms with Crippen molar-refractivity contribution in [3.8, 4) is 0 Å². The molecule has 0 bridgehead atoms. The van der Waals surface area contributed by atoms with Crippen molar-refractivity contribution in [3.05, 3.63) is 50.0 Å². The predicted molar refractivity (Wildman–Crippen MR) is 82.4 cm³/mol. The van der Waals surface area contributed by atoms with Gasteiger partial charge >= 0.3 is 0 Å². The molecule has 3 aromatic heterocycles. The molecule has 0 fully saturated rings. The average molecular weight is 341 g/mol. The first-order valence-corrected chi connectivity index (χ1v) is 9.22. The Bertz CT molecular complexity index is 939. The van der Waals surface area contributed by atoms with Gasteiger partial charge in [-0.15, -0.1) is 22.7 Å². The molecule has 0 aliphatic rings. The zero-order valence-electron chi connectivity index (χ0n) is 10.9. The Labute approximate surface area is 128 Å². The third-order valence-corrected chi connectivity index (χ3v) is 6.04. The minimum Gasteiger partial charge on any atom is -0.267 e. The molecule has 0 saturated carbocycles. The van der Waals surface area contributed by atoms with Crippen LogP contribution in [0.1, 0.15) is 10.6 Å². The quantitative estimate of drug-likeness (QED) is 0.782. The van der Waals surface area contributed by atoms with Crippen LogP contribution in [-0.2, 0) is 16.6 Å². The minimum absolute atomic E-state index is 0.158. The smallest absolute Gasteiger partial charge is 0.267 e. The van der Waals surface area contributed by atoms with E-state index < -0.39 is 15.6 Å². The second kappa shape index (κ2) is 5.34. The molecule has 0 aliphatic heterocycles. The van der Waals surface area contributed by atoms with Gasteiger partial charge in [-0.1, -0.05) is 6.07 Å². The SMILES string of the molecule is Cc1nc2sccn2c(=O)c1S(=O)(=O)NCc1cccs1. The highest BCUT2D eigenvalue weighted by molar-refractivity contribution is 7.89. The summed E-state index contributed by atoms with van der Waals surface area (Å²) in [5.41, 5.74) is -0.362. The third-order valence-electron chi connectivity index (χ3n) is 2.88. The van der Waals surface area contributed by atoms with E-state index in [9.17, 15) is 13.2 Å². The molecule has 0 aromatic carbocycles. The molecule has 0 aliphatic carbocycles. The van der Waals surface area contributed by atoms with Crippen LogP contribution in [0.4, 0.5) is 0 Å². The number of nitrogens with zero attached hydrogens (tertiary/aromatic N) is 2. The number of rotatable bonds is 4.